The summed E-state index contributed by atoms with van der Waals surface area (Å²) >= 11 is 1.34. The Morgan fingerprint density at radius 2 is 1.56 bits per heavy atom. The Hall–Kier alpha value is -3.78. The molecule has 1 unspecified atom stereocenters. The van der Waals surface area contributed by atoms with E-state index in [0.29, 0.717) is 17.1 Å². The molecule has 0 aromatic heterocycles. The molecule has 0 fully saturated rings. The molecule has 0 aliphatic heterocycles. The van der Waals surface area contributed by atoms with Gasteiger partial charge in [0, 0.05) is 16.3 Å². The standard InChI is InChI=1S/C24H22N2O5S/c1-15(22(27)25-16-10-12-18(31-2)13-11-16)32-19-7-5-6-17(14-19)26-23(28)20-8-3-4-9-21(20)24(29)30/h3-15H,1-2H3,(H,25,27)(H,26,28)(H,29,30). The molecule has 0 heterocycles. The molecule has 0 saturated heterocycles. The lowest BCUT2D eigenvalue weighted by Gasteiger charge is -2.13. The van der Waals surface area contributed by atoms with Crippen molar-refractivity contribution in [3.63, 3.8) is 0 Å². The van der Waals surface area contributed by atoms with Crippen LogP contribution in [0.5, 0.6) is 5.75 Å². The molecule has 0 spiro atoms. The highest BCUT2D eigenvalue weighted by molar-refractivity contribution is 8.00. The molecule has 0 bridgehead atoms. The maximum absolute atomic E-state index is 12.6. The fourth-order valence-corrected chi connectivity index (χ4v) is 3.82. The van der Waals surface area contributed by atoms with E-state index in [9.17, 15) is 19.5 Å². The van der Waals surface area contributed by atoms with Crippen molar-refractivity contribution in [3.05, 3.63) is 83.9 Å². The first kappa shape index (κ1) is 22.9. The molecule has 3 aromatic rings. The largest absolute Gasteiger partial charge is 0.497 e. The van der Waals surface area contributed by atoms with Crippen molar-refractivity contribution < 1.29 is 24.2 Å². The molecule has 0 aliphatic rings. The smallest absolute Gasteiger partial charge is 0.336 e. The summed E-state index contributed by atoms with van der Waals surface area (Å²) in [5.74, 6) is -1.15. The lowest BCUT2D eigenvalue weighted by Crippen LogP contribution is -2.22. The van der Waals surface area contributed by atoms with Crippen LogP contribution < -0.4 is 15.4 Å². The summed E-state index contributed by atoms with van der Waals surface area (Å²) in [5.41, 5.74) is 1.17. The zero-order chi connectivity index (χ0) is 23.1. The predicted molar refractivity (Wildman–Crippen MR) is 125 cm³/mol. The number of benzene rings is 3. The Morgan fingerprint density at radius 1 is 0.875 bits per heavy atom. The number of ether oxygens (including phenoxy) is 1. The summed E-state index contributed by atoms with van der Waals surface area (Å²) in [5, 5.41) is 14.5. The van der Waals surface area contributed by atoms with Gasteiger partial charge in [-0.1, -0.05) is 18.2 Å². The normalized spacial score (nSPS) is 11.3. The molecule has 2 amide bonds. The summed E-state index contributed by atoms with van der Waals surface area (Å²) in [4.78, 5) is 37.2. The Morgan fingerprint density at radius 3 is 2.22 bits per heavy atom. The highest BCUT2D eigenvalue weighted by atomic mass is 32.2. The average Bonchev–Trinajstić information content (AvgIpc) is 2.79. The van der Waals surface area contributed by atoms with Crippen molar-refractivity contribution in [2.75, 3.05) is 17.7 Å². The predicted octanol–water partition coefficient (Wildman–Crippen LogP) is 4.77. The van der Waals surface area contributed by atoms with Gasteiger partial charge >= 0.3 is 5.97 Å². The quantitative estimate of drug-likeness (QED) is 0.427. The molecule has 0 radical (unpaired) electrons. The van der Waals surface area contributed by atoms with Crippen LogP contribution in [-0.2, 0) is 4.79 Å². The molecule has 164 valence electrons. The minimum atomic E-state index is -1.17. The van der Waals surface area contributed by atoms with Crippen LogP contribution in [-0.4, -0.2) is 35.2 Å². The molecule has 3 aromatic carbocycles. The molecule has 0 aliphatic carbocycles. The third kappa shape index (κ3) is 5.89. The van der Waals surface area contributed by atoms with E-state index in [4.69, 9.17) is 4.74 Å². The van der Waals surface area contributed by atoms with Crippen LogP contribution in [0.15, 0.2) is 77.7 Å². The minimum absolute atomic E-state index is 0.0700. The SMILES string of the molecule is COc1ccc(NC(=O)C(C)Sc2cccc(NC(=O)c3ccccc3C(=O)O)c2)cc1. The zero-order valence-corrected chi connectivity index (χ0v) is 18.3. The molecule has 1 atom stereocenters. The van der Waals surface area contributed by atoms with Crippen LogP contribution in [0.2, 0.25) is 0 Å². The number of hydrogen-bond acceptors (Lipinski definition) is 5. The molecule has 32 heavy (non-hydrogen) atoms. The summed E-state index contributed by atoms with van der Waals surface area (Å²) in [6, 6.07) is 20.1. The Balaban J connectivity index is 1.64. The average molecular weight is 451 g/mol. The maximum atomic E-state index is 12.6. The number of carbonyl (C=O) groups excluding carboxylic acids is 2. The zero-order valence-electron chi connectivity index (χ0n) is 17.5. The highest BCUT2D eigenvalue weighted by Crippen LogP contribution is 2.27. The number of rotatable bonds is 8. The van der Waals surface area contributed by atoms with E-state index in [1.807, 2.05) is 6.07 Å². The lowest BCUT2D eigenvalue weighted by molar-refractivity contribution is -0.115. The Labute approximate surface area is 189 Å². The van der Waals surface area contributed by atoms with Gasteiger partial charge in [0.05, 0.1) is 23.5 Å². The lowest BCUT2D eigenvalue weighted by atomic mass is 10.1. The monoisotopic (exact) mass is 450 g/mol. The van der Waals surface area contributed by atoms with Crippen molar-refractivity contribution in [2.45, 2.75) is 17.1 Å². The van der Waals surface area contributed by atoms with Crippen molar-refractivity contribution in [1.29, 1.82) is 0 Å². The van der Waals surface area contributed by atoms with Crippen LogP contribution in [0, 0.1) is 0 Å². The van der Waals surface area contributed by atoms with Gasteiger partial charge in [0.15, 0.2) is 0 Å². The van der Waals surface area contributed by atoms with Gasteiger partial charge in [0.25, 0.3) is 5.91 Å². The second-order valence-electron chi connectivity index (χ2n) is 6.81. The molecular weight excluding hydrogens is 428 g/mol. The minimum Gasteiger partial charge on any atom is -0.497 e. The van der Waals surface area contributed by atoms with E-state index in [0.717, 1.165) is 4.90 Å². The van der Waals surface area contributed by atoms with Crippen LogP contribution in [0.4, 0.5) is 11.4 Å². The van der Waals surface area contributed by atoms with Gasteiger partial charge in [-0.25, -0.2) is 4.79 Å². The van der Waals surface area contributed by atoms with Gasteiger partial charge in [-0.3, -0.25) is 9.59 Å². The third-order valence-corrected chi connectivity index (χ3v) is 5.63. The number of aromatic carboxylic acids is 1. The van der Waals surface area contributed by atoms with Crippen molar-refractivity contribution in [1.82, 2.24) is 0 Å². The summed E-state index contributed by atoms with van der Waals surface area (Å²) < 4.78 is 5.11. The molecule has 3 rings (SSSR count). The van der Waals surface area contributed by atoms with E-state index in [2.05, 4.69) is 10.6 Å². The van der Waals surface area contributed by atoms with E-state index in [1.165, 1.54) is 23.9 Å². The first-order chi connectivity index (χ1) is 15.4. The molecular formula is C24H22N2O5S. The summed E-state index contributed by atoms with van der Waals surface area (Å²) in [7, 11) is 1.58. The topological polar surface area (TPSA) is 105 Å². The number of nitrogens with one attached hydrogen (secondary N) is 2. The van der Waals surface area contributed by atoms with E-state index in [1.54, 1.807) is 68.6 Å². The second kappa shape index (κ2) is 10.5. The van der Waals surface area contributed by atoms with Gasteiger partial charge in [0.1, 0.15) is 5.75 Å². The van der Waals surface area contributed by atoms with E-state index < -0.39 is 17.1 Å². The summed E-state index contributed by atoms with van der Waals surface area (Å²) in [6.45, 7) is 1.79. The number of anilines is 2. The highest BCUT2D eigenvalue weighted by Gasteiger charge is 2.17. The van der Waals surface area contributed by atoms with Gasteiger partial charge in [-0.2, -0.15) is 0 Å². The van der Waals surface area contributed by atoms with Crippen molar-refractivity contribution in [2.24, 2.45) is 0 Å². The first-order valence-corrected chi connectivity index (χ1v) is 10.6. The van der Waals surface area contributed by atoms with E-state index >= 15 is 0 Å². The van der Waals surface area contributed by atoms with Crippen LogP contribution >= 0.6 is 11.8 Å². The Kier molecular flexibility index (Phi) is 7.51. The number of carbonyl (C=O) groups is 3. The number of thioether (sulfide) groups is 1. The maximum Gasteiger partial charge on any atom is 0.336 e. The van der Waals surface area contributed by atoms with Crippen LogP contribution in [0.1, 0.15) is 27.6 Å². The third-order valence-electron chi connectivity index (χ3n) is 4.53. The molecule has 8 heteroatoms. The van der Waals surface area contributed by atoms with Crippen LogP contribution in [0.25, 0.3) is 0 Å². The molecule has 7 nitrogen and oxygen atoms in total. The van der Waals surface area contributed by atoms with Gasteiger partial charge in [0.2, 0.25) is 5.91 Å². The van der Waals surface area contributed by atoms with Crippen LogP contribution in [0.3, 0.4) is 0 Å². The van der Waals surface area contributed by atoms with Gasteiger partial charge < -0.3 is 20.5 Å². The molecule has 3 N–H and O–H groups in total. The first-order valence-electron chi connectivity index (χ1n) is 9.72. The second-order valence-corrected chi connectivity index (χ2v) is 8.22. The van der Waals surface area contributed by atoms with Gasteiger partial charge in [-0.05, 0) is 61.5 Å². The number of carboxylic acids is 1. The number of carboxylic acid groups (broad SMARTS) is 1. The fourth-order valence-electron chi connectivity index (χ4n) is 2.89. The van der Waals surface area contributed by atoms with Crippen molar-refractivity contribution in [3.8, 4) is 5.75 Å². The fraction of sp³-hybridized carbons (Fsp3) is 0.125. The number of amides is 2. The van der Waals surface area contributed by atoms with E-state index in [-0.39, 0.29) is 17.0 Å². The molecule has 0 saturated carbocycles. The number of hydrogen-bond donors (Lipinski definition) is 3. The Bertz CT molecular complexity index is 1130. The number of methoxy groups -OCH3 is 1. The van der Waals surface area contributed by atoms with Crippen molar-refractivity contribution >= 4 is 40.9 Å². The van der Waals surface area contributed by atoms with Gasteiger partial charge in [-0.15, -0.1) is 11.8 Å². The summed E-state index contributed by atoms with van der Waals surface area (Å²) in [6.07, 6.45) is 0.